The van der Waals surface area contributed by atoms with E-state index in [0.717, 1.165) is 39.9 Å². The number of aromatic nitrogens is 2. The smallest absolute Gasteiger partial charge is 0.242 e. The summed E-state index contributed by atoms with van der Waals surface area (Å²) in [6.07, 6.45) is 3.15. The molecule has 0 unspecified atom stereocenters. The fourth-order valence-corrected chi connectivity index (χ4v) is 4.03. The first-order valence-corrected chi connectivity index (χ1v) is 7.53. The molecule has 1 N–H and O–H groups in total. The molecule has 1 aromatic rings. The molecule has 7 heteroatoms. The molecule has 2 aliphatic rings. The monoisotopic (exact) mass is 306 g/mol. The number of methoxy groups -OCH3 is 1. The van der Waals surface area contributed by atoms with Gasteiger partial charge in [-0.3, -0.25) is 0 Å². The maximum absolute atomic E-state index is 9.36. The van der Waals surface area contributed by atoms with E-state index in [1.807, 2.05) is 7.05 Å². The Labute approximate surface area is 127 Å². The lowest BCUT2D eigenvalue weighted by molar-refractivity contribution is 0.306. The molecule has 2 heterocycles. The normalized spacial score (nSPS) is 22.1. The van der Waals surface area contributed by atoms with E-state index in [1.54, 1.807) is 7.11 Å². The number of fused-ring (bicyclic) bond motifs is 1. The Morgan fingerprint density at radius 1 is 1.38 bits per heavy atom. The third-order valence-electron chi connectivity index (χ3n) is 3.82. The molecule has 0 bridgehead atoms. The number of rotatable bonds is 1. The number of allylic oxidation sites excluding steroid dienone is 2. The summed E-state index contributed by atoms with van der Waals surface area (Å²) < 4.78 is 5.36. The minimum atomic E-state index is 0.0512. The second kappa shape index (κ2) is 4.91. The van der Waals surface area contributed by atoms with Crippen molar-refractivity contribution in [1.82, 2.24) is 9.97 Å². The summed E-state index contributed by atoms with van der Waals surface area (Å²) in [6, 6.07) is 0. The van der Waals surface area contributed by atoms with Crippen LogP contribution < -0.4 is 9.64 Å². The molecule has 6 nitrogen and oxygen atoms in total. The third kappa shape index (κ3) is 2.25. The largest absolute Gasteiger partial charge is 0.479 e. The van der Waals surface area contributed by atoms with Gasteiger partial charge in [0, 0.05) is 12.7 Å². The van der Waals surface area contributed by atoms with Gasteiger partial charge in [-0.2, -0.15) is 4.98 Å². The van der Waals surface area contributed by atoms with Crippen LogP contribution in [-0.4, -0.2) is 35.0 Å². The minimum Gasteiger partial charge on any atom is -0.479 e. The molecular weight excluding hydrogens is 288 g/mol. The van der Waals surface area contributed by atoms with Crippen LogP contribution in [-0.2, 0) is 0 Å². The lowest BCUT2D eigenvalue weighted by Crippen LogP contribution is -2.34. The number of oxime groups is 1. The Kier molecular flexibility index (Phi) is 3.32. The van der Waals surface area contributed by atoms with Crippen molar-refractivity contribution in [3.8, 4) is 5.88 Å². The summed E-state index contributed by atoms with van der Waals surface area (Å²) in [7, 11) is 3.59. The number of anilines is 1. The second-order valence-electron chi connectivity index (χ2n) is 6.04. The van der Waals surface area contributed by atoms with Crippen LogP contribution in [0.25, 0.3) is 0 Å². The van der Waals surface area contributed by atoms with Gasteiger partial charge in [0.2, 0.25) is 5.88 Å². The van der Waals surface area contributed by atoms with Crippen LogP contribution >= 0.6 is 11.8 Å². The fraction of sp³-hybridized carbons (Fsp3) is 0.500. The van der Waals surface area contributed by atoms with Crippen LogP contribution in [0.5, 0.6) is 5.88 Å². The predicted octanol–water partition coefficient (Wildman–Crippen LogP) is 2.89. The maximum atomic E-state index is 9.36. The summed E-state index contributed by atoms with van der Waals surface area (Å²) in [6.45, 7) is 4.35. The highest BCUT2D eigenvalue weighted by Gasteiger charge is 2.39. The van der Waals surface area contributed by atoms with Gasteiger partial charge in [-0.15, -0.1) is 0 Å². The number of ether oxygens (including phenoxy) is 1. The van der Waals surface area contributed by atoms with Gasteiger partial charge in [0.25, 0.3) is 0 Å². The lowest BCUT2D eigenvalue weighted by Gasteiger charge is -2.40. The maximum Gasteiger partial charge on any atom is 0.242 e. The zero-order chi connectivity index (χ0) is 15.2. The highest BCUT2D eigenvalue weighted by molar-refractivity contribution is 8.04. The first kappa shape index (κ1) is 14.2. The second-order valence-corrected chi connectivity index (χ2v) is 7.04. The number of nitrogens with zero attached hydrogens (tertiary/aromatic N) is 4. The van der Waals surface area contributed by atoms with E-state index in [1.165, 1.54) is 18.1 Å². The van der Waals surface area contributed by atoms with Gasteiger partial charge in [-0.25, -0.2) is 4.98 Å². The van der Waals surface area contributed by atoms with Gasteiger partial charge in [0.05, 0.1) is 17.7 Å². The highest BCUT2D eigenvalue weighted by Crippen LogP contribution is 2.51. The number of hydrogen-bond donors (Lipinski definition) is 1. The van der Waals surface area contributed by atoms with Crippen molar-refractivity contribution in [2.45, 2.75) is 31.7 Å². The Bertz CT molecular complexity index is 654. The van der Waals surface area contributed by atoms with Crippen molar-refractivity contribution in [2.24, 2.45) is 10.6 Å². The highest BCUT2D eigenvalue weighted by atomic mass is 32.2. The van der Waals surface area contributed by atoms with E-state index < -0.39 is 0 Å². The zero-order valence-electron chi connectivity index (χ0n) is 12.5. The standard InChI is InChI=1S/C14H18N4O2S/c1-14(2)5-8(17-19)11-9(6-14)18(3)10-12(20-4)15-7-16-13(10)21-11/h7,19H,5-6H2,1-4H3/b17-8+. The van der Waals surface area contributed by atoms with Gasteiger partial charge in [-0.1, -0.05) is 30.8 Å². The van der Waals surface area contributed by atoms with Crippen LogP contribution in [0.2, 0.25) is 0 Å². The van der Waals surface area contributed by atoms with Gasteiger partial charge >= 0.3 is 0 Å². The molecule has 0 aromatic carbocycles. The summed E-state index contributed by atoms with van der Waals surface area (Å²) >= 11 is 1.52. The molecule has 0 spiro atoms. The van der Waals surface area contributed by atoms with Crippen LogP contribution in [0.3, 0.4) is 0 Å². The molecule has 0 atom stereocenters. The fourth-order valence-electron chi connectivity index (χ4n) is 2.86. The van der Waals surface area contributed by atoms with E-state index in [4.69, 9.17) is 4.74 Å². The van der Waals surface area contributed by atoms with E-state index >= 15 is 0 Å². The van der Waals surface area contributed by atoms with Crippen LogP contribution in [0, 0.1) is 5.41 Å². The molecule has 0 amide bonds. The van der Waals surface area contributed by atoms with E-state index in [-0.39, 0.29) is 5.41 Å². The molecule has 3 rings (SSSR count). The Morgan fingerprint density at radius 2 is 2.14 bits per heavy atom. The molecule has 1 aliphatic heterocycles. The molecule has 1 aliphatic carbocycles. The zero-order valence-corrected chi connectivity index (χ0v) is 13.4. The van der Waals surface area contributed by atoms with Crippen LogP contribution in [0.1, 0.15) is 26.7 Å². The minimum absolute atomic E-state index is 0.0512. The lowest BCUT2D eigenvalue weighted by atomic mass is 9.78. The average molecular weight is 306 g/mol. The predicted molar refractivity (Wildman–Crippen MR) is 82.1 cm³/mol. The van der Waals surface area contributed by atoms with Crippen molar-refractivity contribution in [3.05, 3.63) is 16.9 Å². The van der Waals surface area contributed by atoms with E-state index in [0.29, 0.717) is 5.88 Å². The Balaban J connectivity index is 2.14. The van der Waals surface area contributed by atoms with E-state index in [2.05, 4.69) is 33.9 Å². The van der Waals surface area contributed by atoms with Gasteiger partial charge < -0.3 is 14.8 Å². The van der Waals surface area contributed by atoms with Crippen LogP contribution in [0.4, 0.5) is 5.69 Å². The quantitative estimate of drug-likeness (QED) is 0.489. The van der Waals surface area contributed by atoms with Crippen molar-refractivity contribution in [3.63, 3.8) is 0 Å². The Hall–Kier alpha value is -1.76. The molecular formula is C14H18N4O2S. The molecule has 0 saturated carbocycles. The summed E-state index contributed by atoms with van der Waals surface area (Å²) in [5.41, 5.74) is 2.78. The average Bonchev–Trinajstić information content (AvgIpc) is 2.46. The van der Waals surface area contributed by atoms with Crippen LogP contribution in [0.15, 0.2) is 27.1 Å². The molecule has 0 fully saturated rings. The summed E-state index contributed by atoms with van der Waals surface area (Å²) in [5, 5.41) is 13.7. The molecule has 0 saturated heterocycles. The molecule has 0 radical (unpaired) electrons. The third-order valence-corrected chi connectivity index (χ3v) is 4.99. The SMILES string of the molecule is COc1ncnc2c1N(C)C1=C(S2)/C(=N/O)CC(C)(C)C1. The molecule has 112 valence electrons. The van der Waals surface area contributed by atoms with Gasteiger partial charge in [-0.05, 0) is 18.3 Å². The van der Waals surface area contributed by atoms with Crippen molar-refractivity contribution >= 4 is 23.2 Å². The summed E-state index contributed by atoms with van der Waals surface area (Å²) in [4.78, 5) is 11.6. The van der Waals surface area contributed by atoms with Gasteiger partial charge in [0.1, 0.15) is 17.0 Å². The van der Waals surface area contributed by atoms with Crippen molar-refractivity contribution in [1.29, 1.82) is 0 Å². The molecule has 21 heavy (non-hydrogen) atoms. The van der Waals surface area contributed by atoms with Crippen molar-refractivity contribution < 1.29 is 9.94 Å². The topological polar surface area (TPSA) is 70.8 Å². The first-order chi connectivity index (χ1) is 9.96. The summed E-state index contributed by atoms with van der Waals surface area (Å²) in [5.74, 6) is 0.562. The van der Waals surface area contributed by atoms with Crippen molar-refractivity contribution in [2.75, 3.05) is 19.1 Å². The molecule has 1 aromatic heterocycles. The Morgan fingerprint density at radius 3 is 2.81 bits per heavy atom. The number of thioether (sulfide) groups is 1. The van der Waals surface area contributed by atoms with E-state index in [9.17, 15) is 5.21 Å². The number of hydrogen-bond acceptors (Lipinski definition) is 7. The van der Waals surface area contributed by atoms with Gasteiger partial charge in [0.15, 0.2) is 0 Å². The first-order valence-electron chi connectivity index (χ1n) is 6.72.